The number of fused-ring (bicyclic) bond motifs is 1. The summed E-state index contributed by atoms with van der Waals surface area (Å²) in [6.45, 7) is -0.128. The molecule has 2 aromatic rings. The number of hydrogen-bond donors (Lipinski definition) is 0. The summed E-state index contributed by atoms with van der Waals surface area (Å²) < 4.78 is 13.7. The van der Waals surface area contributed by atoms with E-state index in [0.29, 0.717) is 12.8 Å². The van der Waals surface area contributed by atoms with Crippen LogP contribution in [0.4, 0.5) is 10.1 Å². The molecule has 0 spiro atoms. The van der Waals surface area contributed by atoms with E-state index in [1.165, 1.54) is 23.1 Å². The van der Waals surface area contributed by atoms with Crippen LogP contribution in [0.1, 0.15) is 22.3 Å². The van der Waals surface area contributed by atoms with Gasteiger partial charge in [-0.25, -0.2) is 4.39 Å². The number of aryl methyl sites for hydroxylation is 1. The molecule has 0 atom stereocenters. The maximum absolute atomic E-state index is 13.7. The number of Topliss-reactive ketones (excluding diaryl/α,β-unsaturated/α-hetero) is 1. The lowest BCUT2D eigenvalue weighted by atomic mass is 10.00. The van der Waals surface area contributed by atoms with Gasteiger partial charge >= 0.3 is 0 Å². The molecule has 4 heteroatoms. The van der Waals surface area contributed by atoms with Gasteiger partial charge in [0.15, 0.2) is 5.78 Å². The second-order valence-corrected chi connectivity index (χ2v) is 5.01. The van der Waals surface area contributed by atoms with Crippen LogP contribution < -0.4 is 4.90 Å². The highest BCUT2D eigenvalue weighted by molar-refractivity contribution is 6.06. The lowest BCUT2D eigenvalue weighted by molar-refractivity contribution is -0.118. The minimum atomic E-state index is -0.555. The number of ketones is 1. The summed E-state index contributed by atoms with van der Waals surface area (Å²) in [6, 6.07) is 13.3. The van der Waals surface area contributed by atoms with Crippen LogP contribution >= 0.6 is 0 Å². The molecule has 0 saturated heterocycles. The van der Waals surface area contributed by atoms with Gasteiger partial charge in [0.25, 0.3) is 0 Å². The average Bonchev–Trinajstić information content (AvgIpc) is 2.50. The fraction of sp³-hybridized carbons (Fsp3) is 0.176. The number of benzene rings is 2. The Morgan fingerprint density at radius 1 is 1.05 bits per heavy atom. The molecule has 0 unspecified atom stereocenters. The summed E-state index contributed by atoms with van der Waals surface area (Å²) in [5.74, 6) is -1.04. The van der Waals surface area contributed by atoms with E-state index < -0.39 is 11.6 Å². The van der Waals surface area contributed by atoms with Crippen LogP contribution in [0.3, 0.4) is 0 Å². The predicted molar refractivity (Wildman–Crippen MR) is 77.8 cm³/mol. The van der Waals surface area contributed by atoms with Gasteiger partial charge in [-0.1, -0.05) is 30.3 Å². The molecule has 1 aliphatic heterocycles. The molecule has 0 N–H and O–H groups in total. The molecule has 2 aromatic carbocycles. The lowest BCUT2D eigenvalue weighted by Crippen LogP contribution is -2.39. The normalized spacial score (nSPS) is 14.0. The molecule has 0 aromatic heterocycles. The predicted octanol–water partition coefficient (Wildman–Crippen LogP) is 2.99. The Bertz CT molecular complexity index is 711. The molecule has 0 bridgehead atoms. The van der Waals surface area contributed by atoms with E-state index in [9.17, 15) is 14.0 Å². The number of carbonyl (C=O) groups is 2. The minimum absolute atomic E-state index is 0.0216. The zero-order valence-electron chi connectivity index (χ0n) is 11.4. The summed E-state index contributed by atoms with van der Waals surface area (Å²) in [5.41, 5.74) is 1.81. The molecule has 3 nitrogen and oxygen atoms in total. The second kappa shape index (κ2) is 5.48. The number of halogens is 1. The molecule has 0 aliphatic carbocycles. The van der Waals surface area contributed by atoms with Crippen molar-refractivity contribution in [2.75, 3.05) is 11.4 Å². The molecule has 0 radical (unpaired) electrons. The van der Waals surface area contributed by atoms with Crippen molar-refractivity contribution in [1.29, 1.82) is 0 Å². The molecule has 21 heavy (non-hydrogen) atoms. The second-order valence-electron chi connectivity index (χ2n) is 5.01. The van der Waals surface area contributed by atoms with Crippen molar-refractivity contribution >= 4 is 17.4 Å². The van der Waals surface area contributed by atoms with Crippen molar-refractivity contribution in [3.05, 3.63) is 65.5 Å². The Kier molecular flexibility index (Phi) is 3.52. The first-order chi connectivity index (χ1) is 10.2. The van der Waals surface area contributed by atoms with Crippen LogP contribution in [0.25, 0.3) is 0 Å². The third-order valence-electron chi connectivity index (χ3n) is 3.67. The monoisotopic (exact) mass is 283 g/mol. The van der Waals surface area contributed by atoms with Gasteiger partial charge in [0.2, 0.25) is 5.91 Å². The van der Waals surface area contributed by atoms with Crippen molar-refractivity contribution in [2.24, 2.45) is 0 Å². The number of rotatable bonds is 3. The van der Waals surface area contributed by atoms with Gasteiger partial charge in [0.1, 0.15) is 5.82 Å². The summed E-state index contributed by atoms with van der Waals surface area (Å²) in [4.78, 5) is 25.8. The van der Waals surface area contributed by atoms with Gasteiger partial charge in [-0.2, -0.15) is 0 Å². The lowest BCUT2D eigenvalue weighted by Gasteiger charge is -2.28. The maximum atomic E-state index is 13.7. The number of para-hydroxylation sites is 1. The van der Waals surface area contributed by atoms with Crippen LogP contribution in [-0.2, 0) is 11.2 Å². The van der Waals surface area contributed by atoms with Gasteiger partial charge in [-0.05, 0) is 30.2 Å². The number of hydrogen-bond acceptors (Lipinski definition) is 2. The highest BCUT2D eigenvalue weighted by atomic mass is 19.1. The molecule has 1 aliphatic rings. The highest BCUT2D eigenvalue weighted by Crippen LogP contribution is 2.27. The van der Waals surface area contributed by atoms with E-state index >= 15 is 0 Å². The molecule has 0 fully saturated rings. The summed E-state index contributed by atoms with van der Waals surface area (Å²) in [6.07, 6.45) is 1.06. The third-order valence-corrected chi connectivity index (χ3v) is 3.67. The van der Waals surface area contributed by atoms with E-state index in [2.05, 4.69) is 0 Å². The first-order valence-electron chi connectivity index (χ1n) is 6.83. The van der Waals surface area contributed by atoms with E-state index in [4.69, 9.17) is 0 Å². The van der Waals surface area contributed by atoms with Crippen LogP contribution in [0.5, 0.6) is 0 Å². The number of amides is 1. The van der Waals surface area contributed by atoms with E-state index in [0.717, 1.165) is 11.3 Å². The molecule has 3 rings (SSSR count). The quantitative estimate of drug-likeness (QED) is 0.812. The molecule has 1 heterocycles. The fourth-order valence-electron chi connectivity index (χ4n) is 2.59. The zero-order valence-corrected chi connectivity index (χ0v) is 11.4. The molecule has 106 valence electrons. The summed E-state index contributed by atoms with van der Waals surface area (Å²) in [7, 11) is 0. The van der Waals surface area contributed by atoms with Crippen molar-refractivity contribution in [3.8, 4) is 0 Å². The zero-order chi connectivity index (χ0) is 14.8. The SMILES string of the molecule is O=C(CN1C(=O)CCc2ccccc21)c1ccccc1F. The van der Waals surface area contributed by atoms with Crippen molar-refractivity contribution < 1.29 is 14.0 Å². The van der Waals surface area contributed by atoms with Crippen molar-refractivity contribution in [1.82, 2.24) is 0 Å². The highest BCUT2D eigenvalue weighted by Gasteiger charge is 2.26. The van der Waals surface area contributed by atoms with E-state index in [1.54, 1.807) is 6.07 Å². The summed E-state index contributed by atoms with van der Waals surface area (Å²) in [5, 5.41) is 0. The number of nitrogens with zero attached hydrogens (tertiary/aromatic N) is 1. The average molecular weight is 283 g/mol. The molecular weight excluding hydrogens is 269 g/mol. The van der Waals surface area contributed by atoms with Gasteiger partial charge in [0, 0.05) is 12.1 Å². The summed E-state index contributed by atoms with van der Waals surface area (Å²) >= 11 is 0. The van der Waals surface area contributed by atoms with Crippen LogP contribution in [0.15, 0.2) is 48.5 Å². The van der Waals surface area contributed by atoms with Crippen LogP contribution in [0, 0.1) is 5.82 Å². The maximum Gasteiger partial charge on any atom is 0.227 e. The van der Waals surface area contributed by atoms with Crippen LogP contribution in [0.2, 0.25) is 0 Å². The molecule has 0 saturated carbocycles. The van der Waals surface area contributed by atoms with Crippen molar-refractivity contribution in [2.45, 2.75) is 12.8 Å². The largest absolute Gasteiger partial charge is 0.304 e. The van der Waals surface area contributed by atoms with E-state index in [1.807, 2.05) is 24.3 Å². The smallest absolute Gasteiger partial charge is 0.227 e. The fourth-order valence-corrected chi connectivity index (χ4v) is 2.59. The van der Waals surface area contributed by atoms with Gasteiger partial charge < -0.3 is 4.90 Å². The first kappa shape index (κ1) is 13.5. The van der Waals surface area contributed by atoms with Gasteiger partial charge in [-0.3, -0.25) is 9.59 Å². The standard InChI is InChI=1S/C17H14FNO2/c18-14-7-3-2-6-13(14)16(20)11-19-15-8-4-1-5-12(15)9-10-17(19)21/h1-8H,9-11H2. The Morgan fingerprint density at radius 2 is 1.76 bits per heavy atom. The Labute approximate surface area is 122 Å². The van der Waals surface area contributed by atoms with Gasteiger partial charge in [0.05, 0.1) is 12.1 Å². The van der Waals surface area contributed by atoms with Crippen molar-refractivity contribution in [3.63, 3.8) is 0 Å². The topological polar surface area (TPSA) is 37.4 Å². The number of carbonyl (C=O) groups excluding carboxylic acids is 2. The Hall–Kier alpha value is -2.49. The van der Waals surface area contributed by atoms with Gasteiger partial charge in [-0.15, -0.1) is 0 Å². The molecule has 1 amide bonds. The number of anilines is 1. The first-order valence-corrected chi connectivity index (χ1v) is 6.83. The van der Waals surface area contributed by atoms with Crippen LogP contribution in [-0.4, -0.2) is 18.2 Å². The molecular formula is C17H14FNO2. The Morgan fingerprint density at radius 3 is 2.57 bits per heavy atom. The Balaban J connectivity index is 1.89. The minimum Gasteiger partial charge on any atom is -0.304 e. The van der Waals surface area contributed by atoms with E-state index in [-0.39, 0.29) is 18.0 Å². The third kappa shape index (κ3) is 2.57.